The predicted octanol–water partition coefficient (Wildman–Crippen LogP) is 5.24. The Bertz CT molecular complexity index is 1110. The van der Waals surface area contributed by atoms with Crippen molar-refractivity contribution in [3.8, 4) is 22.6 Å². The van der Waals surface area contributed by atoms with Crippen LogP contribution in [0.25, 0.3) is 22.0 Å². The molecule has 0 aliphatic carbocycles. The molecule has 3 N–H and O–H groups in total. The van der Waals surface area contributed by atoms with E-state index in [9.17, 15) is 0 Å². The number of nitrogens with two attached hydrogens (primary N) is 1. The molecule has 0 aliphatic heterocycles. The monoisotopic (exact) mass is 371 g/mol. The predicted molar refractivity (Wildman–Crippen MR) is 114 cm³/mol. The van der Waals surface area contributed by atoms with Crippen LogP contribution in [0.1, 0.15) is 0 Å². The van der Waals surface area contributed by atoms with Crippen LogP contribution in [0.3, 0.4) is 0 Å². The van der Waals surface area contributed by atoms with Crippen molar-refractivity contribution in [2.45, 2.75) is 0 Å². The number of nitrogen functional groups attached to an aromatic ring is 1. The van der Waals surface area contributed by atoms with Crippen molar-refractivity contribution in [3.05, 3.63) is 72.8 Å². The van der Waals surface area contributed by atoms with Crippen LogP contribution in [0.15, 0.2) is 72.8 Å². The molecule has 1 aromatic heterocycles. The number of hydrogen-bond donors (Lipinski definition) is 2. The standard InChI is InChI=1S/C23H21N3O2/c1-27-19-10-3-15(4-11-19)21-13-16-5-12-20(28-2)14-22(16)26-23(21)25-18-8-6-17(24)7-9-18/h3-14H,24H2,1-2H3,(H,25,26). The van der Waals surface area contributed by atoms with Gasteiger partial charge in [-0.25, -0.2) is 4.98 Å². The highest BCUT2D eigenvalue weighted by molar-refractivity contribution is 5.91. The van der Waals surface area contributed by atoms with Gasteiger partial charge in [-0.2, -0.15) is 0 Å². The molecule has 5 heteroatoms. The van der Waals surface area contributed by atoms with E-state index in [1.807, 2.05) is 66.7 Å². The van der Waals surface area contributed by atoms with Crippen molar-refractivity contribution in [2.24, 2.45) is 0 Å². The fourth-order valence-corrected chi connectivity index (χ4v) is 3.06. The first-order valence-electron chi connectivity index (χ1n) is 8.92. The molecule has 4 rings (SSSR count). The van der Waals surface area contributed by atoms with Gasteiger partial charge in [0.05, 0.1) is 19.7 Å². The van der Waals surface area contributed by atoms with Crippen molar-refractivity contribution < 1.29 is 9.47 Å². The quantitative estimate of drug-likeness (QED) is 0.469. The molecule has 0 atom stereocenters. The Morgan fingerprint density at radius 2 is 1.46 bits per heavy atom. The van der Waals surface area contributed by atoms with E-state index in [1.54, 1.807) is 14.2 Å². The molecule has 1 heterocycles. The summed E-state index contributed by atoms with van der Waals surface area (Å²) in [5.41, 5.74) is 10.3. The molecule has 0 saturated carbocycles. The third kappa shape index (κ3) is 3.55. The van der Waals surface area contributed by atoms with Crippen molar-refractivity contribution in [3.63, 3.8) is 0 Å². The minimum Gasteiger partial charge on any atom is -0.497 e. The number of pyridine rings is 1. The molecule has 0 saturated heterocycles. The number of hydrogen-bond acceptors (Lipinski definition) is 5. The molecule has 28 heavy (non-hydrogen) atoms. The van der Waals surface area contributed by atoms with E-state index in [-0.39, 0.29) is 0 Å². The number of benzene rings is 3. The maximum atomic E-state index is 5.81. The maximum Gasteiger partial charge on any atom is 0.138 e. The first-order chi connectivity index (χ1) is 13.7. The van der Waals surface area contributed by atoms with Gasteiger partial charge >= 0.3 is 0 Å². The molecule has 5 nitrogen and oxygen atoms in total. The van der Waals surface area contributed by atoms with Gasteiger partial charge in [-0.05, 0) is 60.2 Å². The fourth-order valence-electron chi connectivity index (χ4n) is 3.06. The van der Waals surface area contributed by atoms with E-state index in [4.69, 9.17) is 20.2 Å². The highest BCUT2D eigenvalue weighted by Crippen LogP contribution is 2.34. The van der Waals surface area contributed by atoms with E-state index < -0.39 is 0 Å². The second kappa shape index (κ2) is 7.48. The third-order valence-electron chi connectivity index (χ3n) is 4.60. The second-order valence-corrected chi connectivity index (χ2v) is 6.42. The molecule has 0 unspecified atom stereocenters. The number of nitrogens with one attached hydrogen (secondary N) is 1. The SMILES string of the molecule is COc1ccc(-c2cc3ccc(OC)cc3nc2Nc2ccc(N)cc2)cc1. The van der Waals surface area contributed by atoms with Crippen LogP contribution in [-0.4, -0.2) is 19.2 Å². The smallest absolute Gasteiger partial charge is 0.138 e. The Morgan fingerprint density at radius 3 is 2.14 bits per heavy atom. The molecule has 0 amide bonds. The Hall–Kier alpha value is -3.73. The minimum absolute atomic E-state index is 0.720. The molecule has 0 fully saturated rings. The van der Waals surface area contributed by atoms with Crippen LogP contribution >= 0.6 is 0 Å². The van der Waals surface area contributed by atoms with Crippen LogP contribution in [0.2, 0.25) is 0 Å². The summed E-state index contributed by atoms with van der Waals surface area (Å²) < 4.78 is 10.6. The first-order valence-corrected chi connectivity index (χ1v) is 8.92. The Kier molecular flexibility index (Phi) is 4.72. The van der Waals surface area contributed by atoms with Gasteiger partial charge in [0.15, 0.2) is 0 Å². The molecule has 0 radical (unpaired) electrons. The van der Waals surface area contributed by atoms with Gasteiger partial charge in [0.1, 0.15) is 17.3 Å². The average Bonchev–Trinajstić information content (AvgIpc) is 2.74. The summed E-state index contributed by atoms with van der Waals surface area (Å²) in [7, 11) is 3.31. The summed E-state index contributed by atoms with van der Waals surface area (Å²) in [6.45, 7) is 0. The van der Waals surface area contributed by atoms with Crippen LogP contribution in [0.4, 0.5) is 17.2 Å². The Morgan fingerprint density at radius 1 is 0.786 bits per heavy atom. The van der Waals surface area contributed by atoms with Gasteiger partial charge in [0, 0.05) is 28.4 Å². The molecule has 0 spiro atoms. The lowest BCUT2D eigenvalue weighted by molar-refractivity contribution is 0.415. The summed E-state index contributed by atoms with van der Waals surface area (Å²) in [5.74, 6) is 2.35. The van der Waals surface area contributed by atoms with Gasteiger partial charge in [-0.1, -0.05) is 12.1 Å². The number of ether oxygens (including phenoxy) is 2. The molecular weight excluding hydrogens is 350 g/mol. The van der Waals surface area contributed by atoms with Crippen LogP contribution in [-0.2, 0) is 0 Å². The third-order valence-corrected chi connectivity index (χ3v) is 4.60. The Balaban J connectivity index is 1.85. The number of fused-ring (bicyclic) bond motifs is 1. The number of aromatic nitrogens is 1. The highest BCUT2D eigenvalue weighted by Gasteiger charge is 2.11. The Labute approximate surface area is 163 Å². The molecule has 140 valence electrons. The van der Waals surface area contributed by atoms with Gasteiger partial charge in [-0.3, -0.25) is 0 Å². The van der Waals surface area contributed by atoms with Crippen LogP contribution in [0.5, 0.6) is 11.5 Å². The van der Waals surface area contributed by atoms with Gasteiger partial charge < -0.3 is 20.5 Å². The van der Waals surface area contributed by atoms with Gasteiger partial charge in [0.2, 0.25) is 0 Å². The largest absolute Gasteiger partial charge is 0.497 e. The molecule has 0 bridgehead atoms. The average molecular weight is 371 g/mol. The highest BCUT2D eigenvalue weighted by atomic mass is 16.5. The summed E-state index contributed by atoms with van der Waals surface area (Å²) in [6.07, 6.45) is 0. The zero-order valence-corrected chi connectivity index (χ0v) is 15.8. The van der Waals surface area contributed by atoms with Crippen molar-refractivity contribution >= 4 is 28.1 Å². The lowest BCUT2D eigenvalue weighted by Gasteiger charge is -2.14. The number of methoxy groups -OCH3 is 2. The maximum absolute atomic E-state index is 5.81. The molecule has 3 aromatic carbocycles. The van der Waals surface area contributed by atoms with Crippen molar-refractivity contribution in [1.29, 1.82) is 0 Å². The summed E-state index contributed by atoms with van der Waals surface area (Å²) >= 11 is 0. The lowest BCUT2D eigenvalue weighted by Crippen LogP contribution is -1.98. The minimum atomic E-state index is 0.720. The topological polar surface area (TPSA) is 69.4 Å². The molecule has 4 aromatic rings. The second-order valence-electron chi connectivity index (χ2n) is 6.42. The van der Waals surface area contributed by atoms with Crippen LogP contribution < -0.4 is 20.5 Å². The number of rotatable bonds is 5. The van der Waals surface area contributed by atoms with E-state index in [1.165, 1.54) is 0 Å². The lowest BCUT2D eigenvalue weighted by atomic mass is 10.0. The fraction of sp³-hybridized carbons (Fsp3) is 0.0870. The number of nitrogens with zero attached hydrogens (tertiary/aromatic N) is 1. The molecular formula is C23H21N3O2. The number of anilines is 3. The van der Waals surface area contributed by atoms with Gasteiger partial charge in [-0.15, -0.1) is 0 Å². The normalized spacial score (nSPS) is 10.6. The van der Waals surface area contributed by atoms with Crippen molar-refractivity contribution in [2.75, 3.05) is 25.3 Å². The van der Waals surface area contributed by atoms with E-state index in [0.29, 0.717) is 0 Å². The van der Waals surface area contributed by atoms with E-state index in [2.05, 4.69) is 11.4 Å². The first kappa shape index (κ1) is 17.7. The van der Waals surface area contributed by atoms with E-state index in [0.717, 1.165) is 50.7 Å². The van der Waals surface area contributed by atoms with Crippen LogP contribution in [0, 0.1) is 0 Å². The zero-order chi connectivity index (χ0) is 19.5. The van der Waals surface area contributed by atoms with E-state index >= 15 is 0 Å². The molecule has 0 aliphatic rings. The summed E-state index contributed by atoms with van der Waals surface area (Å²) in [5, 5.41) is 4.45. The zero-order valence-electron chi connectivity index (χ0n) is 15.8. The van der Waals surface area contributed by atoms with Gasteiger partial charge in [0.25, 0.3) is 0 Å². The summed E-state index contributed by atoms with van der Waals surface area (Å²) in [4.78, 5) is 4.87. The van der Waals surface area contributed by atoms with Crippen molar-refractivity contribution in [1.82, 2.24) is 4.98 Å². The summed E-state index contributed by atoms with van der Waals surface area (Å²) in [6, 6.07) is 23.6.